The summed E-state index contributed by atoms with van der Waals surface area (Å²) in [5.41, 5.74) is 5.15. The van der Waals surface area contributed by atoms with Crippen LogP contribution in [-0.2, 0) is 19.3 Å². The van der Waals surface area contributed by atoms with Gasteiger partial charge in [-0.25, -0.2) is 4.79 Å². The first kappa shape index (κ1) is 21.0. The molecule has 0 saturated heterocycles. The predicted octanol–water partition coefficient (Wildman–Crippen LogP) is 4.58. The molecule has 156 valence electrons. The summed E-state index contributed by atoms with van der Waals surface area (Å²) in [6.07, 6.45) is 5.59. The zero-order valence-electron chi connectivity index (χ0n) is 17.7. The van der Waals surface area contributed by atoms with Crippen LogP contribution in [0.3, 0.4) is 0 Å². The molecule has 29 heavy (non-hydrogen) atoms. The summed E-state index contributed by atoms with van der Waals surface area (Å²) >= 11 is 0. The Hall–Kier alpha value is -2.69. The minimum atomic E-state index is -0.145. The summed E-state index contributed by atoms with van der Waals surface area (Å²) in [4.78, 5) is 12.3. The third-order valence-corrected chi connectivity index (χ3v) is 5.45. The van der Waals surface area contributed by atoms with Crippen LogP contribution in [0.1, 0.15) is 55.0 Å². The van der Waals surface area contributed by atoms with Gasteiger partial charge in [0.25, 0.3) is 0 Å². The maximum Gasteiger partial charge on any atom is 0.315 e. The average Bonchev–Trinajstić information content (AvgIpc) is 2.74. The zero-order chi connectivity index (χ0) is 20.6. The summed E-state index contributed by atoms with van der Waals surface area (Å²) in [6.45, 7) is 5.13. The number of hydrogen-bond donors (Lipinski definition) is 2. The minimum Gasteiger partial charge on any atom is -0.493 e. The first-order valence-corrected chi connectivity index (χ1v) is 10.6. The van der Waals surface area contributed by atoms with E-state index < -0.39 is 0 Å². The molecule has 0 fully saturated rings. The minimum absolute atomic E-state index is 0.0206. The normalized spacial score (nSPS) is 13.9. The second-order valence-corrected chi connectivity index (χ2v) is 7.53. The fourth-order valence-corrected chi connectivity index (χ4v) is 3.82. The molecule has 2 amide bonds. The molecule has 1 atom stereocenters. The summed E-state index contributed by atoms with van der Waals surface area (Å²) in [5, 5.41) is 5.99. The number of urea groups is 1. The van der Waals surface area contributed by atoms with Crippen LogP contribution >= 0.6 is 0 Å². The standard InChI is InChI=1S/C24H32N2O3/c1-4-29-22-12-9-18(15-23(22)28-3)13-14-25-24(27)26-17(2)20-11-10-19-7-5-6-8-21(19)16-20/h9-12,15-17H,4-8,13-14H2,1-3H3,(H2,25,26,27). The number of benzene rings is 2. The van der Waals surface area contributed by atoms with E-state index in [0.717, 1.165) is 35.5 Å². The Morgan fingerprint density at radius 1 is 1.07 bits per heavy atom. The molecule has 5 nitrogen and oxygen atoms in total. The summed E-state index contributed by atoms with van der Waals surface area (Å²) in [7, 11) is 1.63. The van der Waals surface area contributed by atoms with E-state index in [9.17, 15) is 4.79 Å². The van der Waals surface area contributed by atoms with Crippen LogP contribution in [0, 0.1) is 0 Å². The molecule has 3 rings (SSSR count). The van der Waals surface area contributed by atoms with Crippen molar-refractivity contribution >= 4 is 6.03 Å². The van der Waals surface area contributed by atoms with Crippen molar-refractivity contribution in [2.24, 2.45) is 0 Å². The molecule has 0 radical (unpaired) electrons. The molecule has 0 bridgehead atoms. The third-order valence-electron chi connectivity index (χ3n) is 5.45. The van der Waals surface area contributed by atoms with E-state index in [4.69, 9.17) is 9.47 Å². The van der Waals surface area contributed by atoms with Gasteiger partial charge < -0.3 is 20.1 Å². The predicted molar refractivity (Wildman–Crippen MR) is 116 cm³/mol. The first-order valence-electron chi connectivity index (χ1n) is 10.6. The molecule has 5 heteroatoms. The van der Waals surface area contributed by atoms with Crippen molar-refractivity contribution < 1.29 is 14.3 Å². The summed E-state index contributed by atoms with van der Waals surface area (Å²) in [6, 6.07) is 12.3. The van der Waals surface area contributed by atoms with Crippen LogP contribution < -0.4 is 20.1 Å². The highest BCUT2D eigenvalue weighted by atomic mass is 16.5. The second-order valence-electron chi connectivity index (χ2n) is 7.53. The molecular formula is C24H32N2O3. The molecule has 2 aromatic carbocycles. The Balaban J connectivity index is 1.48. The highest BCUT2D eigenvalue weighted by Gasteiger charge is 2.14. The Morgan fingerprint density at radius 2 is 1.86 bits per heavy atom. The van der Waals surface area contributed by atoms with Crippen molar-refractivity contribution in [2.75, 3.05) is 20.3 Å². The fraction of sp³-hybridized carbons (Fsp3) is 0.458. The Kier molecular flexibility index (Phi) is 7.39. The molecule has 0 saturated carbocycles. The van der Waals surface area contributed by atoms with Crippen molar-refractivity contribution in [1.82, 2.24) is 10.6 Å². The zero-order valence-corrected chi connectivity index (χ0v) is 17.7. The summed E-state index contributed by atoms with van der Waals surface area (Å²) < 4.78 is 10.9. The van der Waals surface area contributed by atoms with Crippen LogP contribution in [0.4, 0.5) is 4.79 Å². The van der Waals surface area contributed by atoms with E-state index in [-0.39, 0.29) is 12.1 Å². The molecule has 1 unspecified atom stereocenters. The highest BCUT2D eigenvalue weighted by Crippen LogP contribution is 2.28. The van der Waals surface area contributed by atoms with Crippen molar-refractivity contribution in [3.63, 3.8) is 0 Å². The lowest BCUT2D eigenvalue weighted by Gasteiger charge is -2.20. The average molecular weight is 397 g/mol. The van der Waals surface area contributed by atoms with Gasteiger partial charge in [0.15, 0.2) is 11.5 Å². The first-order chi connectivity index (χ1) is 14.1. The molecule has 0 aromatic heterocycles. The lowest BCUT2D eigenvalue weighted by molar-refractivity contribution is 0.238. The maximum absolute atomic E-state index is 12.3. The third kappa shape index (κ3) is 5.66. The largest absolute Gasteiger partial charge is 0.493 e. The van der Waals surface area contributed by atoms with Crippen molar-refractivity contribution in [1.29, 1.82) is 0 Å². The number of carbonyl (C=O) groups is 1. The van der Waals surface area contributed by atoms with Gasteiger partial charge in [-0.05, 0) is 80.3 Å². The fourth-order valence-electron chi connectivity index (χ4n) is 3.82. The summed E-state index contributed by atoms with van der Waals surface area (Å²) in [5.74, 6) is 1.46. The molecule has 2 N–H and O–H groups in total. The van der Waals surface area contributed by atoms with Gasteiger partial charge in [-0.2, -0.15) is 0 Å². The van der Waals surface area contributed by atoms with E-state index in [1.807, 2.05) is 32.0 Å². The molecule has 1 aliphatic carbocycles. The molecule has 0 spiro atoms. The van der Waals surface area contributed by atoms with Gasteiger partial charge in [-0.3, -0.25) is 0 Å². The number of carbonyl (C=O) groups excluding carboxylic acids is 1. The Bertz CT molecular complexity index is 835. The quantitative estimate of drug-likeness (QED) is 0.687. The number of amides is 2. The number of nitrogens with one attached hydrogen (secondary N) is 2. The highest BCUT2D eigenvalue weighted by molar-refractivity contribution is 5.74. The van der Waals surface area contributed by atoms with E-state index in [1.165, 1.54) is 30.4 Å². The molecule has 0 heterocycles. The second kappa shape index (κ2) is 10.2. The number of hydrogen-bond acceptors (Lipinski definition) is 3. The van der Waals surface area contributed by atoms with E-state index in [2.05, 4.69) is 28.8 Å². The van der Waals surface area contributed by atoms with Crippen LogP contribution in [-0.4, -0.2) is 26.3 Å². The van der Waals surface area contributed by atoms with Gasteiger partial charge in [-0.1, -0.05) is 24.3 Å². The Labute approximate surface area is 173 Å². The van der Waals surface area contributed by atoms with Gasteiger partial charge in [0.2, 0.25) is 0 Å². The topological polar surface area (TPSA) is 59.6 Å². The van der Waals surface area contributed by atoms with Crippen LogP contribution in [0.25, 0.3) is 0 Å². The van der Waals surface area contributed by atoms with Gasteiger partial charge in [0, 0.05) is 6.54 Å². The van der Waals surface area contributed by atoms with E-state index in [1.54, 1.807) is 7.11 Å². The Morgan fingerprint density at radius 3 is 2.62 bits per heavy atom. The number of fused-ring (bicyclic) bond motifs is 1. The SMILES string of the molecule is CCOc1ccc(CCNC(=O)NC(C)c2ccc3c(c2)CCCC3)cc1OC. The van der Waals surface area contributed by atoms with Crippen molar-refractivity contribution in [3.8, 4) is 11.5 Å². The number of rotatable bonds is 8. The maximum atomic E-state index is 12.3. The van der Waals surface area contributed by atoms with Crippen molar-refractivity contribution in [3.05, 3.63) is 58.7 Å². The monoisotopic (exact) mass is 396 g/mol. The van der Waals surface area contributed by atoms with Gasteiger partial charge in [0.05, 0.1) is 19.8 Å². The number of ether oxygens (including phenoxy) is 2. The lowest BCUT2D eigenvalue weighted by Crippen LogP contribution is -2.38. The molecule has 2 aromatic rings. The van der Waals surface area contributed by atoms with Gasteiger partial charge in [-0.15, -0.1) is 0 Å². The molecule has 1 aliphatic rings. The van der Waals surface area contributed by atoms with E-state index >= 15 is 0 Å². The molecule has 0 aliphatic heterocycles. The van der Waals surface area contributed by atoms with Crippen molar-refractivity contribution in [2.45, 2.75) is 52.0 Å². The number of methoxy groups -OCH3 is 1. The van der Waals surface area contributed by atoms with E-state index in [0.29, 0.717) is 13.2 Å². The molecular weight excluding hydrogens is 364 g/mol. The van der Waals surface area contributed by atoms with Crippen LogP contribution in [0.15, 0.2) is 36.4 Å². The van der Waals surface area contributed by atoms with Gasteiger partial charge in [0.1, 0.15) is 0 Å². The van der Waals surface area contributed by atoms with Crippen LogP contribution in [0.5, 0.6) is 11.5 Å². The van der Waals surface area contributed by atoms with Crippen LogP contribution in [0.2, 0.25) is 0 Å². The smallest absolute Gasteiger partial charge is 0.315 e. The lowest BCUT2D eigenvalue weighted by atomic mass is 9.89. The van der Waals surface area contributed by atoms with Gasteiger partial charge >= 0.3 is 6.03 Å². The number of aryl methyl sites for hydroxylation is 2.